The number of aromatic nitrogens is 1. The maximum atomic E-state index is 11.8. The number of pyridine rings is 1. The maximum absolute atomic E-state index is 11.8. The minimum atomic E-state index is -1.43. The van der Waals surface area contributed by atoms with Crippen molar-refractivity contribution in [2.75, 3.05) is 5.32 Å². The lowest BCUT2D eigenvalue weighted by molar-refractivity contribution is -0.133. The normalized spacial score (nSPS) is 14.1. The SMILES string of the molecule is CCC[C@@](C)(O)C(=O)Nc1cc(Br)[nH]c(=O)c1. The van der Waals surface area contributed by atoms with E-state index in [0.717, 1.165) is 0 Å². The number of amides is 1. The van der Waals surface area contributed by atoms with Gasteiger partial charge in [0.25, 0.3) is 11.5 Å². The fourth-order valence-electron chi connectivity index (χ4n) is 1.45. The lowest BCUT2D eigenvalue weighted by Gasteiger charge is -2.21. The van der Waals surface area contributed by atoms with Gasteiger partial charge in [0.1, 0.15) is 5.60 Å². The fourth-order valence-corrected chi connectivity index (χ4v) is 1.89. The summed E-state index contributed by atoms with van der Waals surface area (Å²) in [5.41, 5.74) is -1.41. The second-order valence-electron chi connectivity index (χ2n) is 4.06. The molecule has 0 aliphatic rings. The van der Waals surface area contributed by atoms with Crippen LogP contribution >= 0.6 is 15.9 Å². The second kappa shape index (κ2) is 5.46. The van der Waals surface area contributed by atoms with Gasteiger partial charge in [-0.05, 0) is 35.3 Å². The highest BCUT2D eigenvalue weighted by Gasteiger charge is 2.29. The molecular formula is C11H15BrN2O3. The summed E-state index contributed by atoms with van der Waals surface area (Å²) in [4.78, 5) is 25.4. The molecule has 0 aliphatic carbocycles. The van der Waals surface area contributed by atoms with Crippen LogP contribution in [0.5, 0.6) is 0 Å². The van der Waals surface area contributed by atoms with E-state index in [1.807, 2.05) is 6.92 Å². The highest BCUT2D eigenvalue weighted by Crippen LogP contribution is 2.16. The van der Waals surface area contributed by atoms with Crippen molar-refractivity contribution in [2.45, 2.75) is 32.3 Å². The van der Waals surface area contributed by atoms with Crippen LogP contribution in [0.15, 0.2) is 21.5 Å². The van der Waals surface area contributed by atoms with E-state index in [1.165, 1.54) is 13.0 Å². The standard InChI is InChI=1S/C11H15BrN2O3/c1-3-4-11(2,17)10(16)13-7-5-8(12)14-9(15)6-7/h5-6,17H,3-4H2,1-2H3,(H2,13,14,15,16)/t11-/m1/s1. The number of H-pyrrole nitrogens is 1. The van der Waals surface area contributed by atoms with Crippen molar-refractivity contribution in [1.29, 1.82) is 0 Å². The molecule has 0 aliphatic heterocycles. The molecule has 5 nitrogen and oxygen atoms in total. The molecule has 0 saturated carbocycles. The number of aromatic amines is 1. The zero-order chi connectivity index (χ0) is 13.1. The van der Waals surface area contributed by atoms with Gasteiger partial charge in [0.15, 0.2) is 0 Å². The summed E-state index contributed by atoms with van der Waals surface area (Å²) in [5, 5.41) is 12.4. The Labute approximate surface area is 107 Å². The summed E-state index contributed by atoms with van der Waals surface area (Å²) in [6.07, 6.45) is 1.06. The van der Waals surface area contributed by atoms with E-state index in [-0.39, 0.29) is 5.56 Å². The number of rotatable bonds is 4. The smallest absolute Gasteiger partial charge is 0.256 e. The fraction of sp³-hybridized carbons (Fsp3) is 0.455. The van der Waals surface area contributed by atoms with Crippen LogP contribution in [0.4, 0.5) is 5.69 Å². The summed E-state index contributed by atoms with van der Waals surface area (Å²) < 4.78 is 0.468. The molecule has 1 aromatic rings. The molecule has 0 spiro atoms. The predicted octanol–water partition coefficient (Wildman–Crippen LogP) is 1.63. The molecule has 0 unspecified atom stereocenters. The Hall–Kier alpha value is -1.14. The molecule has 0 bridgehead atoms. The second-order valence-corrected chi connectivity index (χ2v) is 4.91. The molecule has 0 radical (unpaired) electrons. The average Bonchev–Trinajstić information content (AvgIpc) is 2.15. The van der Waals surface area contributed by atoms with E-state index in [2.05, 4.69) is 26.2 Å². The van der Waals surface area contributed by atoms with Gasteiger partial charge in [-0.25, -0.2) is 0 Å². The van der Waals surface area contributed by atoms with Crippen molar-refractivity contribution in [3.05, 3.63) is 27.1 Å². The van der Waals surface area contributed by atoms with E-state index >= 15 is 0 Å². The molecule has 0 aromatic carbocycles. The monoisotopic (exact) mass is 302 g/mol. The largest absolute Gasteiger partial charge is 0.380 e. The number of carbonyl (C=O) groups is 1. The molecule has 3 N–H and O–H groups in total. The van der Waals surface area contributed by atoms with Gasteiger partial charge < -0.3 is 15.4 Å². The summed E-state index contributed by atoms with van der Waals surface area (Å²) in [6, 6.07) is 2.81. The zero-order valence-electron chi connectivity index (χ0n) is 9.71. The van der Waals surface area contributed by atoms with E-state index in [0.29, 0.717) is 23.1 Å². The Balaban J connectivity index is 2.84. The molecule has 1 amide bonds. The Morgan fingerprint density at radius 1 is 1.59 bits per heavy atom. The van der Waals surface area contributed by atoms with Crippen LogP contribution in [-0.2, 0) is 4.79 Å². The summed E-state index contributed by atoms with van der Waals surface area (Å²) in [6.45, 7) is 3.33. The van der Waals surface area contributed by atoms with Crippen LogP contribution in [0.1, 0.15) is 26.7 Å². The van der Waals surface area contributed by atoms with Gasteiger partial charge in [-0.3, -0.25) is 9.59 Å². The first kappa shape index (κ1) is 13.9. The van der Waals surface area contributed by atoms with E-state index in [9.17, 15) is 14.7 Å². The molecule has 17 heavy (non-hydrogen) atoms. The van der Waals surface area contributed by atoms with Crippen LogP contribution in [0.2, 0.25) is 0 Å². The van der Waals surface area contributed by atoms with Crippen molar-refractivity contribution in [3.8, 4) is 0 Å². The van der Waals surface area contributed by atoms with Crippen molar-refractivity contribution in [1.82, 2.24) is 4.98 Å². The van der Waals surface area contributed by atoms with Gasteiger partial charge >= 0.3 is 0 Å². The minimum Gasteiger partial charge on any atom is -0.380 e. The minimum absolute atomic E-state index is 0.329. The quantitative estimate of drug-likeness (QED) is 0.739. The van der Waals surface area contributed by atoms with E-state index in [4.69, 9.17) is 0 Å². The molecule has 1 heterocycles. The van der Waals surface area contributed by atoms with Crippen molar-refractivity contribution >= 4 is 27.5 Å². The number of carbonyl (C=O) groups excluding carboxylic acids is 1. The number of aliphatic hydroxyl groups is 1. The summed E-state index contributed by atoms with van der Waals surface area (Å²) in [5.74, 6) is -0.517. The van der Waals surface area contributed by atoms with E-state index in [1.54, 1.807) is 6.07 Å². The highest BCUT2D eigenvalue weighted by atomic mass is 79.9. The van der Waals surface area contributed by atoms with Gasteiger partial charge in [-0.15, -0.1) is 0 Å². The Morgan fingerprint density at radius 3 is 2.76 bits per heavy atom. The molecule has 0 saturated heterocycles. The average molecular weight is 303 g/mol. The van der Waals surface area contributed by atoms with Crippen LogP contribution in [0.25, 0.3) is 0 Å². The van der Waals surface area contributed by atoms with Crippen LogP contribution in [0, 0.1) is 0 Å². The molecular weight excluding hydrogens is 288 g/mol. The number of anilines is 1. The number of halogens is 1. The van der Waals surface area contributed by atoms with Crippen molar-refractivity contribution < 1.29 is 9.90 Å². The zero-order valence-corrected chi connectivity index (χ0v) is 11.3. The summed E-state index contributed by atoms with van der Waals surface area (Å²) in [7, 11) is 0. The Morgan fingerprint density at radius 2 is 2.24 bits per heavy atom. The van der Waals surface area contributed by atoms with Crippen LogP contribution < -0.4 is 10.9 Å². The molecule has 1 aromatic heterocycles. The van der Waals surface area contributed by atoms with Gasteiger partial charge in [0.05, 0.1) is 4.60 Å². The third-order valence-electron chi connectivity index (χ3n) is 2.30. The first-order valence-electron chi connectivity index (χ1n) is 5.29. The maximum Gasteiger partial charge on any atom is 0.256 e. The molecule has 1 atom stereocenters. The first-order chi connectivity index (χ1) is 7.85. The Kier molecular flexibility index (Phi) is 4.47. The summed E-state index contributed by atoms with van der Waals surface area (Å²) >= 11 is 3.11. The number of hydrogen-bond acceptors (Lipinski definition) is 3. The number of nitrogens with one attached hydrogen (secondary N) is 2. The third-order valence-corrected chi connectivity index (χ3v) is 2.72. The van der Waals surface area contributed by atoms with Crippen LogP contribution in [0.3, 0.4) is 0 Å². The van der Waals surface area contributed by atoms with Gasteiger partial charge in [0.2, 0.25) is 0 Å². The molecule has 0 fully saturated rings. The van der Waals surface area contributed by atoms with Crippen LogP contribution in [-0.4, -0.2) is 21.6 Å². The molecule has 6 heteroatoms. The molecule has 1 rings (SSSR count). The topological polar surface area (TPSA) is 82.2 Å². The van der Waals surface area contributed by atoms with Crippen molar-refractivity contribution in [2.24, 2.45) is 0 Å². The first-order valence-corrected chi connectivity index (χ1v) is 6.08. The van der Waals surface area contributed by atoms with Crippen molar-refractivity contribution in [3.63, 3.8) is 0 Å². The van der Waals surface area contributed by atoms with Gasteiger partial charge in [0, 0.05) is 11.8 Å². The number of hydrogen-bond donors (Lipinski definition) is 3. The Bertz CT molecular complexity index is 468. The van der Waals surface area contributed by atoms with Gasteiger partial charge in [-0.2, -0.15) is 0 Å². The van der Waals surface area contributed by atoms with Gasteiger partial charge in [-0.1, -0.05) is 13.3 Å². The lowest BCUT2D eigenvalue weighted by atomic mass is 10.00. The predicted molar refractivity (Wildman–Crippen MR) is 68.9 cm³/mol. The highest BCUT2D eigenvalue weighted by molar-refractivity contribution is 9.10. The third kappa shape index (κ3) is 3.98. The van der Waals surface area contributed by atoms with E-state index < -0.39 is 11.5 Å². The molecule has 94 valence electrons. The lowest BCUT2D eigenvalue weighted by Crippen LogP contribution is -2.40.